The van der Waals surface area contributed by atoms with Crippen LogP contribution < -0.4 is 20.1 Å². The van der Waals surface area contributed by atoms with E-state index < -0.39 is 0 Å². The second-order valence-corrected chi connectivity index (χ2v) is 7.40. The van der Waals surface area contributed by atoms with Crippen LogP contribution in [0, 0.1) is 0 Å². The van der Waals surface area contributed by atoms with E-state index in [1.807, 2.05) is 60.4 Å². The molecule has 0 bridgehead atoms. The fourth-order valence-corrected chi connectivity index (χ4v) is 3.41. The summed E-state index contributed by atoms with van der Waals surface area (Å²) in [7, 11) is 1.63. The normalized spacial score (nSPS) is 13.3. The Bertz CT molecular complexity index is 871. The molecule has 2 N–H and O–H groups in total. The van der Waals surface area contributed by atoms with Crippen molar-refractivity contribution in [3.63, 3.8) is 0 Å². The maximum Gasteiger partial charge on any atom is 0.241 e. The number of guanidine groups is 1. The van der Waals surface area contributed by atoms with Gasteiger partial charge in [0.15, 0.2) is 17.5 Å². The van der Waals surface area contributed by atoms with E-state index in [0.29, 0.717) is 30.6 Å². The van der Waals surface area contributed by atoms with Crippen LogP contribution >= 0.6 is 24.0 Å². The molecule has 1 aliphatic rings. The number of aliphatic imine (C=N–C) groups is 1. The number of carbonyl (C=O) groups is 1. The van der Waals surface area contributed by atoms with E-state index in [-0.39, 0.29) is 36.4 Å². The Labute approximate surface area is 207 Å². The third kappa shape index (κ3) is 7.89. The minimum atomic E-state index is 0. The van der Waals surface area contributed by atoms with Crippen molar-refractivity contribution in [1.82, 2.24) is 15.5 Å². The molecule has 32 heavy (non-hydrogen) atoms. The van der Waals surface area contributed by atoms with Crippen molar-refractivity contribution < 1.29 is 14.3 Å². The van der Waals surface area contributed by atoms with Gasteiger partial charge in [0, 0.05) is 19.6 Å². The molecule has 0 aliphatic carbocycles. The number of nitrogens with one attached hydrogen (secondary N) is 2. The maximum absolute atomic E-state index is 12.3. The van der Waals surface area contributed by atoms with Gasteiger partial charge in [-0.15, -0.1) is 24.0 Å². The summed E-state index contributed by atoms with van der Waals surface area (Å²) >= 11 is 0. The highest BCUT2D eigenvalue weighted by Crippen LogP contribution is 2.29. The molecule has 1 saturated heterocycles. The molecular weight excluding hydrogens is 519 g/mol. The van der Waals surface area contributed by atoms with Crippen LogP contribution in [0.2, 0.25) is 0 Å². The number of ether oxygens (including phenoxy) is 2. The van der Waals surface area contributed by atoms with Crippen LogP contribution in [0.15, 0.2) is 53.5 Å². The highest BCUT2D eigenvalue weighted by Gasteiger charge is 2.17. The molecule has 2 aromatic carbocycles. The van der Waals surface area contributed by atoms with Gasteiger partial charge >= 0.3 is 0 Å². The SMILES string of the molecule is CCNC(=NCc1ccc(OCc2ccccc2)c(OC)c1)NCC(=O)N1CCCC1.I. The van der Waals surface area contributed by atoms with Crippen LogP contribution in [-0.4, -0.2) is 50.1 Å². The number of likely N-dealkylation sites (tertiary alicyclic amines) is 1. The summed E-state index contributed by atoms with van der Waals surface area (Å²) in [6.45, 7) is 5.62. The van der Waals surface area contributed by atoms with E-state index in [1.54, 1.807) is 7.11 Å². The number of hydrogen-bond acceptors (Lipinski definition) is 4. The number of benzene rings is 2. The second kappa shape index (κ2) is 13.8. The lowest BCUT2D eigenvalue weighted by molar-refractivity contribution is -0.128. The molecule has 0 atom stereocenters. The molecule has 0 saturated carbocycles. The zero-order valence-electron chi connectivity index (χ0n) is 18.8. The molecule has 0 radical (unpaired) electrons. The Morgan fingerprint density at radius 2 is 1.78 bits per heavy atom. The van der Waals surface area contributed by atoms with Gasteiger partial charge in [0.25, 0.3) is 0 Å². The van der Waals surface area contributed by atoms with Crippen LogP contribution in [-0.2, 0) is 17.9 Å². The summed E-state index contributed by atoms with van der Waals surface area (Å²) in [6.07, 6.45) is 2.18. The second-order valence-electron chi connectivity index (χ2n) is 7.40. The van der Waals surface area contributed by atoms with Gasteiger partial charge in [-0.2, -0.15) is 0 Å². The van der Waals surface area contributed by atoms with Crippen LogP contribution in [0.3, 0.4) is 0 Å². The van der Waals surface area contributed by atoms with Gasteiger partial charge in [-0.25, -0.2) is 4.99 Å². The predicted molar refractivity (Wildman–Crippen MR) is 138 cm³/mol. The third-order valence-corrected chi connectivity index (χ3v) is 5.09. The van der Waals surface area contributed by atoms with E-state index in [0.717, 1.165) is 43.6 Å². The topological polar surface area (TPSA) is 75.2 Å². The van der Waals surface area contributed by atoms with E-state index in [2.05, 4.69) is 15.6 Å². The Balaban J connectivity index is 0.00000363. The summed E-state index contributed by atoms with van der Waals surface area (Å²) in [6, 6.07) is 15.8. The maximum atomic E-state index is 12.3. The number of nitrogens with zero attached hydrogens (tertiary/aromatic N) is 2. The highest BCUT2D eigenvalue weighted by atomic mass is 127. The van der Waals surface area contributed by atoms with Crippen LogP contribution in [0.25, 0.3) is 0 Å². The highest BCUT2D eigenvalue weighted by molar-refractivity contribution is 14.0. The van der Waals surface area contributed by atoms with Crippen molar-refractivity contribution in [3.8, 4) is 11.5 Å². The quantitative estimate of drug-likeness (QED) is 0.283. The zero-order valence-corrected chi connectivity index (χ0v) is 21.1. The number of hydrogen-bond donors (Lipinski definition) is 2. The summed E-state index contributed by atoms with van der Waals surface area (Å²) in [5.74, 6) is 2.11. The summed E-state index contributed by atoms with van der Waals surface area (Å²) in [5.41, 5.74) is 2.09. The van der Waals surface area contributed by atoms with Crippen LogP contribution in [0.4, 0.5) is 0 Å². The largest absolute Gasteiger partial charge is 0.493 e. The minimum Gasteiger partial charge on any atom is -0.493 e. The summed E-state index contributed by atoms with van der Waals surface area (Å²) in [4.78, 5) is 18.8. The van der Waals surface area contributed by atoms with Crippen LogP contribution in [0.1, 0.15) is 30.9 Å². The summed E-state index contributed by atoms with van der Waals surface area (Å²) < 4.78 is 11.4. The van der Waals surface area contributed by atoms with Gasteiger partial charge in [-0.05, 0) is 43.0 Å². The molecular formula is C24H33IN4O3. The molecule has 2 aromatic rings. The van der Waals surface area contributed by atoms with Gasteiger partial charge in [0.05, 0.1) is 20.2 Å². The first-order valence-electron chi connectivity index (χ1n) is 10.8. The minimum absolute atomic E-state index is 0. The molecule has 1 heterocycles. The average molecular weight is 552 g/mol. The van der Waals surface area contributed by atoms with Crippen molar-refractivity contribution >= 4 is 35.8 Å². The first-order valence-corrected chi connectivity index (χ1v) is 10.8. The average Bonchev–Trinajstić information content (AvgIpc) is 3.35. The lowest BCUT2D eigenvalue weighted by Gasteiger charge is -2.17. The molecule has 1 aliphatic heterocycles. The first-order chi connectivity index (χ1) is 15.2. The molecule has 174 valence electrons. The van der Waals surface area contributed by atoms with Gasteiger partial charge in [-0.1, -0.05) is 36.4 Å². The van der Waals surface area contributed by atoms with Crippen molar-refractivity contribution in [2.45, 2.75) is 32.9 Å². The van der Waals surface area contributed by atoms with Gasteiger partial charge in [0.1, 0.15) is 6.61 Å². The van der Waals surface area contributed by atoms with E-state index in [1.165, 1.54) is 0 Å². The van der Waals surface area contributed by atoms with Crippen molar-refractivity contribution in [1.29, 1.82) is 0 Å². The number of methoxy groups -OCH3 is 1. The van der Waals surface area contributed by atoms with Gasteiger partial charge < -0.3 is 25.0 Å². The van der Waals surface area contributed by atoms with Crippen molar-refractivity contribution in [2.24, 2.45) is 4.99 Å². The molecule has 0 unspecified atom stereocenters. The molecule has 0 spiro atoms. The first kappa shape index (κ1) is 25.8. The summed E-state index contributed by atoms with van der Waals surface area (Å²) in [5, 5.41) is 6.33. The molecule has 3 rings (SSSR count). The van der Waals surface area contributed by atoms with Gasteiger partial charge in [-0.3, -0.25) is 4.79 Å². The van der Waals surface area contributed by atoms with Crippen molar-refractivity contribution in [2.75, 3.05) is 33.3 Å². The zero-order chi connectivity index (χ0) is 21.9. The monoisotopic (exact) mass is 552 g/mol. The smallest absolute Gasteiger partial charge is 0.241 e. The van der Waals surface area contributed by atoms with Gasteiger partial charge in [0.2, 0.25) is 5.91 Å². The van der Waals surface area contributed by atoms with E-state index >= 15 is 0 Å². The molecule has 7 nitrogen and oxygen atoms in total. The van der Waals surface area contributed by atoms with E-state index in [9.17, 15) is 4.79 Å². The standard InChI is InChI=1S/C24H32N4O3.HI/c1-3-25-24(27-17-23(29)28-13-7-8-14-28)26-16-20-11-12-21(22(15-20)30-2)31-18-19-9-5-4-6-10-19;/h4-6,9-12,15H,3,7-8,13-14,16-18H2,1-2H3,(H2,25,26,27);1H. The number of rotatable bonds is 9. The molecule has 0 aromatic heterocycles. The number of amides is 1. The number of carbonyl (C=O) groups excluding carboxylic acids is 1. The Kier molecular flexibility index (Phi) is 11.1. The lowest BCUT2D eigenvalue weighted by atomic mass is 10.2. The Morgan fingerprint density at radius 3 is 2.47 bits per heavy atom. The van der Waals surface area contributed by atoms with E-state index in [4.69, 9.17) is 9.47 Å². The molecule has 8 heteroatoms. The number of halogens is 1. The molecule has 1 fully saturated rings. The predicted octanol–water partition coefficient (Wildman–Crippen LogP) is 3.57. The fourth-order valence-electron chi connectivity index (χ4n) is 3.41. The fraction of sp³-hybridized carbons (Fsp3) is 0.417. The Hall–Kier alpha value is -2.49. The third-order valence-electron chi connectivity index (χ3n) is 5.09. The van der Waals surface area contributed by atoms with Crippen LogP contribution in [0.5, 0.6) is 11.5 Å². The van der Waals surface area contributed by atoms with Crippen molar-refractivity contribution in [3.05, 3.63) is 59.7 Å². The Morgan fingerprint density at radius 1 is 1.03 bits per heavy atom. The lowest BCUT2D eigenvalue weighted by Crippen LogP contribution is -2.44. The molecule has 1 amide bonds.